The Labute approximate surface area is 219 Å². The molecular formula is C25H30N6O3S2. The minimum Gasteiger partial charge on any atom is -0.452 e. The zero-order chi connectivity index (χ0) is 25.1. The van der Waals surface area contributed by atoms with Crippen molar-refractivity contribution in [2.24, 2.45) is 0 Å². The van der Waals surface area contributed by atoms with Gasteiger partial charge in [-0.25, -0.2) is 9.97 Å². The first-order chi connectivity index (χ1) is 17.5. The maximum Gasteiger partial charge on any atom is 0.219 e. The predicted octanol–water partition coefficient (Wildman–Crippen LogP) is 5.17. The molecule has 0 aliphatic carbocycles. The van der Waals surface area contributed by atoms with Crippen LogP contribution in [0.4, 0.5) is 10.9 Å². The van der Waals surface area contributed by atoms with Gasteiger partial charge in [0.1, 0.15) is 11.6 Å². The van der Waals surface area contributed by atoms with Crippen LogP contribution in [0, 0.1) is 6.92 Å². The fraction of sp³-hybridized carbons (Fsp3) is 0.480. The highest BCUT2D eigenvalue weighted by atomic mass is 32.2. The monoisotopic (exact) mass is 526 g/mol. The minimum absolute atomic E-state index is 0.181. The van der Waals surface area contributed by atoms with E-state index in [0.717, 1.165) is 47.8 Å². The van der Waals surface area contributed by atoms with Crippen LogP contribution < -0.4 is 10.1 Å². The van der Waals surface area contributed by atoms with Gasteiger partial charge in [0.2, 0.25) is 11.0 Å². The number of nitrogens with one attached hydrogen (secondary N) is 1. The molecule has 1 amide bonds. The predicted molar refractivity (Wildman–Crippen MR) is 140 cm³/mol. The lowest BCUT2D eigenvalue weighted by Crippen LogP contribution is -2.45. The molecule has 0 saturated carbocycles. The molecule has 5 rings (SSSR count). The summed E-state index contributed by atoms with van der Waals surface area (Å²) in [4.78, 5) is 28.9. The fourth-order valence-corrected chi connectivity index (χ4v) is 6.52. The molecule has 2 bridgehead atoms. The van der Waals surface area contributed by atoms with Gasteiger partial charge in [0, 0.05) is 66.6 Å². The summed E-state index contributed by atoms with van der Waals surface area (Å²) in [5, 5.41) is 3.99. The van der Waals surface area contributed by atoms with Gasteiger partial charge in [-0.2, -0.15) is 4.37 Å². The quantitative estimate of drug-likeness (QED) is 0.299. The molecule has 2 fully saturated rings. The zero-order valence-corrected chi connectivity index (χ0v) is 22.3. The van der Waals surface area contributed by atoms with E-state index in [-0.39, 0.29) is 11.8 Å². The van der Waals surface area contributed by atoms with Crippen LogP contribution in [0.15, 0.2) is 35.5 Å². The molecule has 11 heteroatoms. The SMILES string of the molecule is COCCSc1cnc(Nc2nc(C3CC4CCC(C3)N4C(C)=O)ns2)c(Oc2cccnc2C)c1. The summed E-state index contributed by atoms with van der Waals surface area (Å²) >= 11 is 2.98. The van der Waals surface area contributed by atoms with E-state index in [9.17, 15) is 4.79 Å². The lowest BCUT2D eigenvalue weighted by molar-refractivity contribution is -0.133. The molecule has 190 valence electrons. The number of rotatable bonds is 9. The first kappa shape index (κ1) is 24.9. The van der Waals surface area contributed by atoms with Gasteiger partial charge in [0.25, 0.3) is 0 Å². The van der Waals surface area contributed by atoms with Crippen LogP contribution in [0.5, 0.6) is 11.5 Å². The van der Waals surface area contributed by atoms with Gasteiger partial charge in [0.05, 0.1) is 12.3 Å². The van der Waals surface area contributed by atoms with E-state index in [0.29, 0.717) is 41.1 Å². The van der Waals surface area contributed by atoms with Crippen molar-refractivity contribution < 1.29 is 14.3 Å². The Kier molecular flexibility index (Phi) is 7.68. The third-order valence-electron chi connectivity index (χ3n) is 6.69. The number of anilines is 2. The van der Waals surface area contributed by atoms with Crippen molar-refractivity contribution in [2.45, 2.75) is 62.4 Å². The lowest BCUT2D eigenvalue weighted by Gasteiger charge is -2.37. The average molecular weight is 527 g/mol. The van der Waals surface area contributed by atoms with Crippen molar-refractivity contribution in [3.8, 4) is 11.5 Å². The first-order valence-corrected chi connectivity index (χ1v) is 13.9. The van der Waals surface area contributed by atoms with Crippen molar-refractivity contribution in [3.63, 3.8) is 0 Å². The lowest BCUT2D eigenvalue weighted by atomic mass is 9.90. The third-order valence-corrected chi connectivity index (χ3v) is 8.26. The van der Waals surface area contributed by atoms with Crippen LogP contribution in [0.25, 0.3) is 0 Å². The molecule has 2 atom stereocenters. The van der Waals surface area contributed by atoms with Gasteiger partial charge in [-0.3, -0.25) is 9.78 Å². The molecule has 0 radical (unpaired) electrons. The number of fused-ring (bicyclic) bond motifs is 2. The van der Waals surface area contributed by atoms with Crippen molar-refractivity contribution in [1.29, 1.82) is 0 Å². The molecule has 0 aromatic carbocycles. The second kappa shape index (κ2) is 11.1. The van der Waals surface area contributed by atoms with Gasteiger partial charge in [-0.1, -0.05) is 0 Å². The normalized spacial score (nSPS) is 21.0. The highest BCUT2D eigenvalue weighted by molar-refractivity contribution is 7.99. The van der Waals surface area contributed by atoms with Crippen LogP contribution in [-0.4, -0.2) is 61.7 Å². The van der Waals surface area contributed by atoms with E-state index in [1.54, 1.807) is 32.0 Å². The highest BCUT2D eigenvalue weighted by Gasteiger charge is 2.43. The molecule has 2 unspecified atom stereocenters. The van der Waals surface area contributed by atoms with Crippen molar-refractivity contribution >= 4 is 40.2 Å². The number of carbonyl (C=O) groups is 1. The Morgan fingerprint density at radius 3 is 2.78 bits per heavy atom. The Hall–Kier alpha value is -2.76. The Morgan fingerprint density at radius 1 is 1.25 bits per heavy atom. The summed E-state index contributed by atoms with van der Waals surface area (Å²) in [6.45, 7) is 4.24. The number of aryl methyl sites for hydroxylation is 1. The van der Waals surface area contributed by atoms with Gasteiger partial charge >= 0.3 is 0 Å². The van der Waals surface area contributed by atoms with Crippen LogP contribution in [0.1, 0.15) is 50.0 Å². The number of hydrogen-bond donors (Lipinski definition) is 1. The second-order valence-electron chi connectivity index (χ2n) is 9.11. The first-order valence-electron chi connectivity index (χ1n) is 12.1. The van der Waals surface area contributed by atoms with Gasteiger partial charge < -0.3 is 19.7 Å². The molecule has 9 nitrogen and oxygen atoms in total. The van der Waals surface area contributed by atoms with E-state index in [1.165, 1.54) is 11.5 Å². The summed E-state index contributed by atoms with van der Waals surface area (Å²) in [5.74, 6) is 3.96. The highest BCUT2D eigenvalue weighted by Crippen LogP contribution is 2.43. The molecular weight excluding hydrogens is 496 g/mol. The summed E-state index contributed by atoms with van der Waals surface area (Å²) in [5.41, 5.74) is 0.797. The van der Waals surface area contributed by atoms with Crippen molar-refractivity contribution in [2.75, 3.05) is 24.8 Å². The van der Waals surface area contributed by atoms with E-state index in [1.807, 2.05) is 31.3 Å². The molecule has 1 N–H and O–H groups in total. The van der Waals surface area contributed by atoms with Crippen LogP contribution in [0.3, 0.4) is 0 Å². The maximum absolute atomic E-state index is 12.0. The third kappa shape index (κ3) is 5.47. The number of hydrogen-bond acceptors (Lipinski definition) is 10. The molecule has 3 aromatic heterocycles. The number of amides is 1. The van der Waals surface area contributed by atoms with Gasteiger partial charge in [-0.05, 0) is 50.8 Å². The molecule has 2 aliphatic rings. The number of methoxy groups -OCH3 is 1. The van der Waals surface area contributed by atoms with E-state index >= 15 is 0 Å². The number of pyridine rings is 2. The summed E-state index contributed by atoms with van der Waals surface area (Å²) in [6, 6.07) is 6.32. The average Bonchev–Trinajstić information content (AvgIpc) is 3.44. The van der Waals surface area contributed by atoms with Gasteiger partial charge in [-0.15, -0.1) is 11.8 Å². The molecule has 2 saturated heterocycles. The molecule has 0 spiro atoms. The number of piperidine rings is 1. The Balaban J connectivity index is 1.34. The molecule has 36 heavy (non-hydrogen) atoms. The van der Waals surface area contributed by atoms with Crippen LogP contribution in [-0.2, 0) is 9.53 Å². The number of ether oxygens (including phenoxy) is 2. The van der Waals surface area contributed by atoms with Crippen LogP contribution >= 0.6 is 23.3 Å². The number of aromatic nitrogens is 4. The number of thioether (sulfide) groups is 1. The Morgan fingerprint density at radius 2 is 2.06 bits per heavy atom. The van der Waals surface area contributed by atoms with E-state index in [4.69, 9.17) is 14.5 Å². The van der Waals surface area contributed by atoms with E-state index < -0.39 is 0 Å². The minimum atomic E-state index is 0.181. The second-order valence-corrected chi connectivity index (χ2v) is 11.0. The number of carbonyl (C=O) groups excluding carboxylic acids is 1. The smallest absolute Gasteiger partial charge is 0.219 e. The molecule has 3 aromatic rings. The standard InChI is InChI=1S/C25H30N6O3S2/c1-15-21(5-4-8-26-15)34-22-13-20(35-10-9-33-3)14-27-24(22)29-25-28-23(30-36-25)17-11-18-6-7-19(12-17)31(18)16(2)32/h4-5,8,13-14,17-19H,6-7,9-12H2,1-3H3,(H,27,28,29,30). The van der Waals surface area contributed by atoms with Gasteiger partial charge in [0.15, 0.2) is 11.6 Å². The van der Waals surface area contributed by atoms with Crippen molar-refractivity contribution in [3.05, 3.63) is 42.1 Å². The summed E-state index contributed by atoms with van der Waals surface area (Å²) < 4.78 is 16.1. The summed E-state index contributed by atoms with van der Waals surface area (Å²) in [7, 11) is 1.69. The van der Waals surface area contributed by atoms with Crippen molar-refractivity contribution in [1.82, 2.24) is 24.2 Å². The Bertz CT molecular complexity index is 1210. The zero-order valence-electron chi connectivity index (χ0n) is 20.6. The molecule has 2 aliphatic heterocycles. The largest absolute Gasteiger partial charge is 0.452 e. The maximum atomic E-state index is 12.0. The van der Waals surface area contributed by atoms with E-state index in [2.05, 4.69) is 24.6 Å². The fourth-order valence-electron chi connectivity index (χ4n) is 5.07. The number of nitrogens with zero attached hydrogens (tertiary/aromatic N) is 5. The van der Waals surface area contributed by atoms with Crippen LogP contribution in [0.2, 0.25) is 0 Å². The topological polar surface area (TPSA) is 102 Å². The molecule has 5 heterocycles. The summed E-state index contributed by atoms with van der Waals surface area (Å²) in [6.07, 6.45) is 7.56.